The zero-order valence-corrected chi connectivity index (χ0v) is 13.1. The van der Waals surface area contributed by atoms with Gasteiger partial charge in [0, 0.05) is 22.2 Å². The number of aliphatic hydroxyl groups excluding tert-OH is 1. The predicted molar refractivity (Wildman–Crippen MR) is 81.5 cm³/mol. The van der Waals surface area contributed by atoms with Crippen molar-refractivity contribution >= 4 is 27.1 Å². The summed E-state index contributed by atoms with van der Waals surface area (Å²) in [6.07, 6.45) is 0.845. The molecule has 1 fully saturated rings. The fraction of sp³-hybridized carbons (Fsp3) is 0.500. The third-order valence-corrected chi connectivity index (χ3v) is 6.00. The highest BCUT2D eigenvalue weighted by Gasteiger charge is 2.29. The number of thiophene rings is 1. The molecule has 2 heterocycles. The fourth-order valence-corrected chi connectivity index (χ4v) is 4.85. The average molecular weight is 327 g/mol. The summed E-state index contributed by atoms with van der Waals surface area (Å²) in [5, 5.41) is 13.3. The minimum atomic E-state index is -2.93. The summed E-state index contributed by atoms with van der Waals surface area (Å²) in [7, 11) is -2.93. The van der Waals surface area contributed by atoms with Crippen LogP contribution >= 0.6 is 11.3 Å². The Morgan fingerprint density at radius 1 is 1.52 bits per heavy atom. The molecule has 2 rings (SSSR count). The Hall–Kier alpha value is -1.36. The monoisotopic (exact) mass is 327 g/mol. The first-order valence-electron chi connectivity index (χ1n) is 6.63. The van der Waals surface area contributed by atoms with Gasteiger partial charge in [0.15, 0.2) is 9.84 Å². The lowest BCUT2D eigenvalue weighted by atomic mass is 10.1. The molecular formula is C14H17NO4S2. The molecule has 1 aliphatic rings. The Labute approximate surface area is 128 Å². The van der Waals surface area contributed by atoms with E-state index in [9.17, 15) is 13.2 Å². The van der Waals surface area contributed by atoms with E-state index in [4.69, 9.17) is 5.11 Å². The van der Waals surface area contributed by atoms with E-state index in [1.807, 2.05) is 11.4 Å². The molecule has 0 spiro atoms. The maximum Gasteiger partial charge on any atom is 0.220 e. The van der Waals surface area contributed by atoms with Gasteiger partial charge in [0.1, 0.15) is 6.61 Å². The molecule has 1 unspecified atom stereocenters. The van der Waals surface area contributed by atoms with Crippen LogP contribution in [0.3, 0.4) is 0 Å². The van der Waals surface area contributed by atoms with Crippen LogP contribution in [0.25, 0.3) is 0 Å². The molecule has 114 valence electrons. The number of sulfone groups is 1. The lowest BCUT2D eigenvalue weighted by Crippen LogP contribution is -2.25. The minimum Gasteiger partial charge on any atom is -0.384 e. The predicted octanol–water partition coefficient (Wildman–Crippen LogP) is 0.533. The first-order valence-corrected chi connectivity index (χ1v) is 9.33. The molecule has 1 aromatic rings. The van der Waals surface area contributed by atoms with Crippen molar-refractivity contribution in [3.63, 3.8) is 0 Å². The molecule has 0 aliphatic carbocycles. The molecule has 5 nitrogen and oxygen atoms in total. The van der Waals surface area contributed by atoms with Crippen molar-refractivity contribution in [3.8, 4) is 11.8 Å². The first kappa shape index (κ1) is 16.0. The van der Waals surface area contributed by atoms with Gasteiger partial charge in [-0.2, -0.15) is 0 Å². The van der Waals surface area contributed by atoms with Crippen molar-refractivity contribution in [2.75, 3.05) is 18.1 Å². The largest absolute Gasteiger partial charge is 0.384 e. The van der Waals surface area contributed by atoms with E-state index < -0.39 is 9.84 Å². The van der Waals surface area contributed by atoms with Crippen LogP contribution in [0.5, 0.6) is 0 Å². The summed E-state index contributed by atoms with van der Waals surface area (Å²) in [5.41, 5.74) is 0.820. The van der Waals surface area contributed by atoms with Crippen LogP contribution in [0, 0.1) is 17.8 Å². The van der Waals surface area contributed by atoms with Crippen molar-refractivity contribution in [2.45, 2.75) is 19.4 Å². The van der Waals surface area contributed by atoms with Gasteiger partial charge in [0.2, 0.25) is 5.91 Å². The molecule has 0 saturated carbocycles. The summed E-state index contributed by atoms with van der Waals surface area (Å²) in [5.74, 6) is 5.52. The van der Waals surface area contributed by atoms with E-state index in [1.54, 1.807) is 0 Å². The minimum absolute atomic E-state index is 0.0516. The average Bonchev–Trinajstić information content (AvgIpc) is 3.00. The van der Waals surface area contributed by atoms with Crippen molar-refractivity contribution in [2.24, 2.45) is 5.92 Å². The van der Waals surface area contributed by atoms with Gasteiger partial charge in [0.05, 0.1) is 18.1 Å². The van der Waals surface area contributed by atoms with Crippen molar-refractivity contribution in [1.82, 2.24) is 5.32 Å². The highest BCUT2D eigenvalue weighted by molar-refractivity contribution is 7.91. The number of amides is 1. The van der Waals surface area contributed by atoms with Gasteiger partial charge in [-0.25, -0.2) is 8.42 Å². The SMILES string of the molecule is O=C(CC1CCS(=O)(=O)C1)NCc1cc(C#CCO)cs1. The van der Waals surface area contributed by atoms with Gasteiger partial charge in [-0.05, 0) is 18.4 Å². The summed E-state index contributed by atoms with van der Waals surface area (Å²) in [6, 6.07) is 1.87. The van der Waals surface area contributed by atoms with Gasteiger partial charge >= 0.3 is 0 Å². The molecule has 0 bridgehead atoms. The second-order valence-corrected chi connectivity index (χ2v) is 8.24. The second kappa shape index (κ2) is 7.07. The van der Waals surface area contributed by atoms with Crippen LogP contribution < -0.4 is 5.32 Å². The van der Waals surface area contributed by atoms with E-state index in [2.05, 4.69) is 17.2 Å². The summed E-state index contributed by atoms with van der Waals surface area (Å²) in [6.45, 7) is 0.246. The standard InChI is InChI=1S/C14H17NO4S2/c16-4-1-2-11-6-13(20-9-11)8-15-14(17)7-12-3-5-21(18,19)10-12/h6,9,12,16H,3-5,7-8,10H2,(H,15,17). The van der Waals surface area contributed by atoms with Crippen LogP contribution in [-0.4, -0.2) is 37.5 Å². The maximum absolute atomic E-state index is 11.8. The zero-order chi connectivity index (χ0) is 15.3. The number of carbonyl (C=O) groups excluding carboxylic acids is 1. The Bertz CT molecular complexity index is 667. The number of rotatable bonds is 4. The molecule has 1 aromatic heterocycles. The van der Waals surface area contributed by atoms with Crippen molar-refractivity contribution in [3.05, 3.63) is 21.9 Å². The zero-order valence-electron chi connectivity index (χ0n) is 11.5. The molecule has 2 N–H and O–H groups in total. The number of aliphatic hydroxyl groups is 1. The quantitative estimate of drug-likeness (QED) is 0.791. The molecule has 7 heteroatoms. The normalized spacial score (nSPS) is 19.8. The highest BCUT2D eigenvalue weighted by atomic mass is 32.2. The summed E-state index contributed by atoms with van der Waals surface area (Å²) in [4.78, 5) is 12.8. The lowest BCUT2D eigenvalue weighted by molar-refractivity contribution is -0.122. The molecule has 0 radical (unpaired) electrons. The smallest absolute Gasteiger partial charge is 0.220 e. The molecule has 21 heavy (non-hydrogen) atoms. The molecule has 1 atom stereocenters. The van der Waals surface area contributed by atoms with Crippen LogP contribution in [0.15, 0.2) is 11.4 Å². The highest BCUT2D eigenvalue weighted by Crippen LogP contribution is 2.21. The van der Waals surface area contributed by atoms with Crippen LogP contribution in [0.4, 0.5) is 0 Å². The number of carbonyl (C=O) groups is 1. The van der Waals surface area contributed by atoms with Gasteiger partial charge in [-0.1, -0.05) is 11.8 Å². The molecule has 1 amide bonds. The number of nitrogens with one attached hydrogen (secondary N) is 1. The molecule has 1 saturated heterocycles. The number of hydrogen-bond acceptors (Lipinski definition) is 5. The number of hydrogen-bond donors (Lipinski definition) is 2. The van der Waals surface area contributed by atoms with Crippen molar-refractivity contribution < 1.29 is 18.3 Å². The maximum atomic E-state index is 11.8. The lowest BCUT2D eigenvalue weighted by Gasteiger charge is -2.07. The summed E-state index contributed by atoms with van der Waals surface area (Å²) >= 11 is 1.49. The topological polar surface area (TPSA) is 83.5 Å². The molecule has 1 aliphatic heterocycles. The fourth-order valence-electron chi connectivity index (χ4n) is 2.23. The van der Waals surface area contributed by atoms with Gasteiger partial charge < -0.3 is 10.4 Å². The molecule has 0 aromatic carbocycles. The summed E-state index contributed by atoms with van der Waals surface area (Å²) < 4.78 is 22.7. The van der Waals surface area contributed by atoms with Gasteiger partial charge in [-0.15, -0.1) is 11.3 Å². The van der Waals surface area contributed by atoms with Gasteiger partial charge in [-0.3, -0.25) is 4.79 Å². The third kappa shape index (κ3) is 5.16. The Balaban J connectivity index is 1.78. The van der Waals surface area contributed by atoms with E-state index in [0.29, 0.717) is 13.0 Å². The Morgan fingerprint density at radius 2 is 2.33 bits per heavy atom. The second-order valence-electron chi connectivity index (χ2n) is 5.01. The van der Waals surface area contributed by atoms with E-state index in [0.717, 1.165) is 10.4 Å². The third-order valence-electron chi connectivity index (χ3n) is 3.23. The first-order chi connectivity index (χ1) is 9.98. The van der Waals surface area contributed by atoms with E-state index in [1.165, 1.54) is 11.3 Å². The van der Waals surface area contributed by atoms with E-state index >= 15 is 0 Å². The van der Waals surface area contributed by atoms with Crippen LogP contribution in [-0.2, 0) is 21.2 Å². The van der Waals surface area contributed by atoms with Crippen LogP contribution in [0.2, 0.25) is 0 Å². The van der Waals surface area contributed by atoms with E-state index in [-0.39, 0.29) is 36.4 Å². The molecular weight excluding hydrogens is 310 g/mol. The van der Waals surface area contributed by atoms with Crippen LogP contribution in [0.1, 0.15) is 23.3 Å². The Kier molecular flexibility index (Phi) is 5.39. The Morgan fingerprint density at radius 3 is 3.00 bits per heavy atom. The van der Waals surface area contributed by atoms with Gasteiger partial charge in [0.25, 0.3) is 0 Å². The van der Waals surface area contributed by atoms with Crippen molar-refractivity contribution in [1.29, 1.82) is 0 Å².